The average Bonchev–Trinajstić information content (AvgIpc) is 3.48. The predicted molar refractivity (Wildman–Crippen MR) is 163 cm³/mol. The average molecular weight is 674 g/mol. The summed E-state index contributed by atoms with van der Waals surface area (Å²) in [4.78, 5) is 43.6. The van der Waals surface area contributed by atoms with E-state index in [1.807, 2.05) is 18.2 Å². The van der Waals surface area contributed by atoms with Crippen LogP contribution in [0.25, 0.3) is 11.2 Å². The van der Waals surface area contributed by atoms with E-state index < -0.39 is 52.2 Å². The lowest BCUT2D eigenvalue weighted by Gasteiger charge is -2.29. The van der Waals surface area contributed by atoms with Gasteiger partial charge in [-0.1, -0.05) is 62.4 Å². The molecule has 5 rings (SSSR count). The van der Waals surface area contributed by atoms with Crippen molar-refractivity contribution in [3.05, 3.63) is 47.5 Å². The lowest BCUT2D eigenvalue weighted by Crippen LogP contribution is -2.33. The Morgan fingerprint density at radius 1 is 0.977 bits per heavy atom. The lowest BCUT2D eigenvalue weighted by molar-refractivity contribution is -0.0483. The van der Waals surface area contributed by atoms with Crippen LogP contribution in [0.5, 0.6) is 0 Å². The van der Waals surface area contributed by atoms with Crippen molar-refractivity contribution < 1.29 is 43.3 Å². The zero-order valence-electron chi connectivity index (χ0n) is 24.0. The monoisotopic (exact) mass is 673 g/mol. The summed E-state index contributed by atoms with van der Waals surface area (Å²) in [6.45, 7) is 0.718. The highest BCUT2D eigenvalue weighted by atomic mass is 35.5. The van der Waals surface area contributed by atoms with E-state index in [9.17, 15) is 24.2 Å². The van der Waals surface area contributed by atoms with Gasteiger partial charge >= 0.3 is 15.2 Å². The van der Waals surface area contributed by atoms with Gasteiger partial charge in [-0.3, -0.25) is 13.7 Å². The van der Waals surface area contributed by atoms with Crippen molar-refractivity contribution in [3.63, 3.8) is 0 Å². The molecule has 2 saturated heterocycles. The fourth-order valence-corrected chi connectivity index (χ4v) is 8.61. The normalized spacial score (nSPS) is 27.2. The van der Waals surface area contributed by atoms with E-state index >= 15 is 0 Å². The van der Waals surface area contributed by atoms with Gasteiger partial charge in [0.15, 0.2) is 29.1 Å². The molecule has 2 fully saturated rings. The topological polar surface area (TPSA) is 201 Å². The molecule has 14 nitrogen and oxygen atoms in total. The van der Waals surface area contributed by atoms with Gasteiger partial charge in [-0.25, -0.2) is 4.98 Å². The van der Waals surface area contributed by atoms with Gasteiger partial charge in [0.25, 0.3) is 0 Å². The Morgan fingerprint density at radius 2 is 1.68 bits per heavy atom. The molecule has 1 aromatic carbocycles. The van der Waals surface area contributed by atoms with Crippen LogP contribution in [0, 0.1) is 0 Å². The number of hydrogen-bond acceptors (Lipinski definition) is 10. The Morgan fingerprint density at radius 3 is 2.41 bits per heavy atom. The molecule has 5 N–H and O–H groups in total. The van der Waals surface area contributed by atoms with Crippen molar-refractivity contribution in [2.75, 3.05) is 30.5 Å². The number of hydrogen-bond donors (Lipinski definition) is 5. The van der Waals surface area contributed by atoms with Crippen LogP contribution in [-0.2, 0) is 18.4 Å². The maximum absolute atomic E-state index is 12.1. The van der Waals surface area contributed by atoms with E-state index in [1.165, 1.54) is 29.3 Å². The molecule has 0 amide bonds. The predicted octanol–water partition coefficient (Wildman–Crippen LogP) is 3.77. The quantitative estimate of drug-likeness (QED) is 0.171. The molecule has 0 spiro atoms. The molecule has 2 aliphatic heterocycles. The third-order valence-corrected chi connectivity index (χ3v) is 11.7. The summed E-state index contributed by atoms with van der Waals surface area (Å²) >= 11 is 6.45. The Hall–Kier alpha value is -1.96. The third-order valence-electron chi connectivity index (χ3n) is 8.03. The van der Waals surface area contributed by atoms with Crippen LogP contribution in [-0.4, -0.2) is 88.3 Å². The molecule has 6 atom stereocenters. The van der Waals surface area contributed by atoms with Gasteiger partial charge in [-0.05, 0) is 30.0 Å². The van der Waals surface area contributed by atoms with Crippen LogP contribution in [0.4, 0.5) is 5.82 Å². The summed E-state index contributed by atoms with van der Waals surface area (Å²) in [5, 5.41) is 21.4. The number of rotatable bonds is 8. The summed E-state index contributed by atoms with van der Waals surface area (Å²) in [7, 11) is -9.55. The Bertz CT molecular complexity index is 1510. The van der Waals surface area contributed by atoms with Crippen LogP contribution in [0.1, 0.15) is 62.7 Å². The van der Waals surface area contributed by atoms with Gasteiger partial charge in [0.2, 0.25) is 5.28 Å². The molecule has 0 aliphatic carbocycles. The molecule has 0 bridgehead atoms. The maximum atomic E-state index is 12.1. The number of fused-ring (bicyclic) bond motifs is 1. The van der Waals surface area contributed by atoms with Crippen LogP contribution >= 0.6 is 26.8 Å². The summed E-state index contributed by atoms with van der Waals surface area (Å²) in [5.74, 6) is -0.588. The highest BCUT2D eigenvalue weighted by molar-refractivity contribution is 7.70. The standard InChI is InChI=1S/C27H38ClN5O9P2/c28-27-30-24(32-13-9-4-2-1-3-6-12-19(14-32)18-10-7-5-8-11-18)21-25(31-27)33(16-29-21)26-23(35)22(34)20(42-26)15-41-44(39,40)17-43(36,37)38/h5,7-8,10-11,16,19-20,22-23,26,34-35H,1-4,6,9,12-15,17H2,(H,39,40)(H2,36,37,38)/t19?,20-,22?,23?,26-/m1/s1. The minimum absolute atomic E-state index is 0.0357. The second-order valence-corrected chi connectivity index (χ2v) is 15.7. The van der Waals surface area contributed by atoms with E-state index in [0.29, 0.717) is 17.9 Å². The molecular weight excluding hydrogens is 636 g/mol. The lowest BCUT2D eigenvalue weighted by atomic mass is 9.92. The van der Waals surface area contributed by atoms with Crippen molar-refractivity contribution >= 4 is 43.8 Å². The number of aromatic nitrogens is 4. The first kappa shape index (κ1) is 33.4. The summed E-state index contributed by atoms with van der Waals surface area (Å²) in [5.41, 5.74) is 1.94. The van der Waals surface area contributed by atoms with Gasteiger partial charge in [0, 0.05) is 19.0 Å². The highest BCUT2D eigenvalue weighted by Gasteiger charge is 2.46. The van der Waals surface area contributed by atoms with E-state index in [4.69, 9.17) is 30.6 Å². The van der Waals surface area contributed by atoms with Gasteiger partial charge in [-0.15, -0.1) is 0 Å². The molecule has 4 unspecified atom stereocenters. The molecule has 2 aliphatic rings. The molecule has 242 valence electrons. The first-order valence-electron chi connectivity index (χ1n) is 14.6. The fraction of sp³-hybridized carbons (Fsp3) is 0.593. The van der Waals surface area contributed by atoms with Crippen molar-refractivity contribution in [2.45, 2.75) is 75.4 Å². The molecule has 3 aromatic rings. The second kappa shape index (κ2) is 14.2. The first-order chi connectivity index (χ1) is 20.9. The van der Waals surface area contributed by atoms with E-state index in [-0.39, 0.29) is 16.8 Å². The molecule has 44 heavy (non-hydrogen) atoms. The highest BCUT2D eigenvalue weighted by Crippen LogP contribution is 2.55. The number of aliphatic hydroxyl groups excluding tert-OH is 2. The summed E-state index contributed by atoms with van der Waals surface area (Å²) in [6, 6.07) is 10.4. The van der Waals surface area contributed by atoms with E-state index in [0.717, 1.165) is 38.6 Å². The number of nitrogens with zero attached hydrogens (tertiary/aromatic N) is 5. The van der Waals surface area contributed by atoms with Crippen molar-refractivity contribution in [1.82, 2.24) is 19.5 Å². The molecule has 17 heteroatoms. The number of ether oxygens (including phenoxy) is 1. The zero-order valence-corrected chi connectivity index (χ0v) is 26.6. The van der Waals surface area contributed by atoms with Crippen molar-refractivity contribution in [1.29, 1.82) is 0 Å². The molecule has 2 aromatic heterocycles. The van der Waals surface area contributed by atoms with Gasteiger partial charge in [-0.2, -0.15) is 9.97 Å². The first-order valence-corrected chi connectivity index (χ1v) is 18.6. The van der Waals surface area contributed by atoms with Crippen LogP contribution in [0.15, 0.2) is 36.7 Å². The summed E-state index contributed by atoms with van der Waals surface area (Å²) in [6.07, 6.45) is 3.56. The summed E-state index contributed by atoms with van der Waals surface area (Å²) < 4.78 is 35.3. The number of anilines is 1. The minimum Gasteiger partial charge on any atom is -0.387 e. The smallest absolute Gasteiger partial charge is 0.340 e. The fourth-order valence-electron chi connectivity index (χ4n) is 5.88. The zero-order chi connectivity index (χ0) is 31.5. The minimum atomic E-state index is -4.84. The van der Waals surface area contributed by atoms with Gasteiger partial charge in [0.1, 0.15) is 18.3 Å². The van der Waals surface area contributed by atoms with E-state index in [1.54, 1.807) is 0 Å². The van der Waals surface area contributed by atoms with E-state index in [2.05, 4.69) is 32.0 Å². The third kappa shape index (κ3) is 8.24. The number of aliphatic hydroxyl groups is 2. The largest absolute Gasteiger partial charge is 0.387 e. The van der Waals surface area contributed by atoms with Gasteiger partial charge < -0.3 is 39.1 Å². The Kier molecular flexibility index (Phi) is 10.8. The van der Waals surface area contributed by atoms with Crippen LogP contribution in [0.2, 0.25) is 5.28 Å². The maximum Gasteiger partial charge on any atom is 0.340 e. The molecule has 0 saturated carbocycles. The Balaban J connectivity index is 1.42. The van der Waals surface area contributed by atoms with Crippen LogP contribution < -0.4 is 4.90 Å². The molecule has 0 radical (unpaired) electrons. The number of benzene rings is 1. The SMILES string of the molecule is O=P(O)(O)CP(=O)(O)OC[C@H]1O[C@@H](n2cnc3c(N4CCCCCCCCC(c5ccccc5)C4)nc(Cl)nc32)C(O)C1O. The number of imidazole rings is 1. The molecular formula is C27H38ClN5O9P2. The Labute approximate surface area is 259 Å². The van der Waals surface area contributed by atoms with Crippen LogP contribution in [0.3, 0.4) is 0 Å². The molecule has 4 heterocycles. The van der Waals surface area contributed by atoms with Crippen molar-refractivity contribution in [2.24, 2.45) is 0 Å². The van der Waals surface area contributed by atoms with Crippen molar-refractivity contribution in [3.8, 4) is 0 Å². The second-order valence-electron chi connectivity index (χ2n) is 11.4. The van der Waals surface area contributed by atoms with Gasteiger partial charge in [0.05, 0.1) is 12.9 Å². The number of halogens is 1.